The Balaban J connectivity index is 1.45. The summed E-state index contributed by atoms with van der Waals surface area (Å²) >= 11 is 0.948. The van der Waals surface area contributed by atoms with Gasteiger partial charge in [-0.2, -0.15) is 17.2 Å². The molecule has 1 aliphatic carbocycles. The Labute approximate surface area is 210 Å². The molecule has 1 amide bonds. The zero-order valence-corrected chi connectivity index (χ0v) is 21.2. The molecule has 1 aromatic heterocycles. The van der Waals surface area contributed by atoms with Crippen LogP contribution in [0.15, 0.2) is 41.3 Å². The quantitative estimate of drug-likeness (QED) is 0.439. The lowest BCUT2D eigenvalue weighted by molar-refractivity contribution is 0.0722. The second-order valence-electron chi connectivity index (χ2n) is 9.37. The van der Waals surface area contributed by atoms with Crippen molar-refractivity contribution in [3.8, 4) is 5.75 Å². The van der Waals surface area contributed by atoms with Crippen LogP contribution in [-0.4, -0.2) is 47.6 Å². The predicted octanol–water partition coefficient (Wildman–Crippen LogP) is 5.08. The van der Waals surface area contributed by atoms with Crippen LogP contribution in [0.3, 0.4) is 0 Å². The van der Waals surface area contributed by atoms with E-state index >= 15 is 0 Å². The SMILES string of the molecule is O=C(c1ccc(NCC2CCCCC2)cc1OS(=O)(=O)c1cccc2nsnc12)N1CCCCC1. The first-order chi connectivity index (χ1) is 17.0. The molecule has 2 aliphatic rings. The van der Waals surface area contributed by atoms with E-state index in [0.717, 1.165) is 43.2 Å². The molecule has 35 heavy (non-hydrogen) atoms. The van der Waals surface area contributed by atoms with Gasteiger partial charge in [-0.15, -0.1) is 0 Å². The normalized spacial score (nSPS) is 17.4. The first kappa shape index (κ1) is 24.0. The van der Waals surface area contributed by atoms with Gasteiger partial charge in [0, 0.05) is 31.4 Å². The second-order valence-corrected chi connectivity index (χ2v) is 11.4. The monoisotopic (exact) mass is 514 g/mol. The lowest BCUT2D eigenvalue weighted by atomic mass is 9.89. The summed E-state index contributed by atoms with van der Waals surface area (Å²) in [5.74, 6) is 0.429. The highest BCUT2D eigenvalue weighted by Crippen LogP contribution is 2.31. The lowest BCUT2D eigenvalue weighted by Crippen LogP contribution is -2.36. The van der Waals surface area contributed by atoms with E-state index in [4.69, 9.17) is 4.18 Å². The third-order valence-electron chi connectivity index (χ3n) is 6.89. The lowest BCUT2D eigenvalue weighted by Gasteiger charge is -2.27. The molecule has 2 heterocycles. The second kappa shape index (κ2) is 10.5. The minimum Gasteiger partial charge on any atom is -0.385 e. The van der Waals surface area contributed by atoms with Gasteiger partial charge in [-0.1, -0.05) is 25.3 Å². The van der Waals surface area contributed by atoms with Gasteiger partial charge >= 0.3 is 10.1 Å². The summed E-state index contributed by atoms with van der Waals surface area (Å²) in [6.45, 7) is 2.14. The number of hydrogen-bond donors (Lipinski definition) is 1. The van der Waals surface area contributed by atoms with Gasteiger partial charge < -0.3 is 14.4 Å². The summed E-state index contributed by atoms with van der Waals surface area (Å²) in [4.78, 5) is 15.1. The Morgan fingerprint density at radius 2 is 1.80 bits per heavy atom. The largest absolute Gasteiger partial charge is 0.385 e. The van der Waals surface area contributed by atoms with Crippen molar-refractivity contribution >= 4 is 44.5 Å². The first-order valence-corrected chi connectivity index (χ1v) is 14.5. The number of amides is 1. The Hall–Kier alpha value is -2.72. The van der Waals surface area contributed by atoms with Crippen LogP contribution >= 0.6 is 11.7 Å². The zero-order valence-electron chi connectivity index (χ0n) is 19.6. The minimum absolute atomic E-state index is 0.0365. The van der Waals surface area contributed by atoms with Crippen molar-refractivity contribution in [3.05, 3.63) is 42.0 Å². The van der Waals surface area contributed by atoms with Crippen molar-refractivity contribution < 1.29 is 17.4 Å². The van der Waals surface area contributed by atoms with Gasteiger partial charge in [-0.25, -0.2) is 0 Å². The van der Waals surface area contributed by atoms with Gasteiger partial charge in [0.05, 0.1) is 17.3 Å². The number of carbonyl (C=O) groups excluding carboxylic acids is 1. The third-order valence-corrected chi connectivity index (χ3v) is 8.70. The minimum atomic E-state index is -4.24. The van der Waals surface area contributed by atoms with Gasteiger partial charge in [0.15, 0.2) is 5.75 Å². The summed E-state index contributed by atoms with van der Waals surface area (Å²) < 4.78 is 40.6. The molecule has 0 spiro atoms. The number of aromatic nitrogens is 2. The molecule has 2 fully saturated rings. The molecule has 1 N–H and O–H groups in total. The van der Waals surface area contributed by atoms with Crippen LogP contribution in [0.2, 0.25) is 0 Å². The molecule has 1 saturated carbocycles. The molecule has 8 nitrogen and oxygen atoms in total. The van der Waals surface area contributed by atoms with Gasteiger partial charge in [-0.05, 0) is 62.3 Å². The van der Waals surface area contributed by atoms with E-state index in [1.165, 1.54) is 38.2 Å². The molecule has 186 valence electrons. The van der Waals surface area contributed by atoms with Crippen LogP contribution < -0.4 is 9.50 Å². The summed E-state index contributed by atoms with van der Waals surface area (Å²) in [6, 6.07) is 9.93. The number of fused-ring (bicyclic) bond motifs is 1. The highest BCUT2D eigenvalue weighted by atomic mass is 32.2. The maximum absolute atomic E-state index is 13.4. The third kappa shape index (κ3) is 5.43. The Kier molecular flexibility index (Phi) is 7.19. The molecule has 1 aliphatic heterocycles. The molecule has 2 aromatic carbocycles. The standard InChI is InChI=1S/C25H30N4O4S2/c30-25(29-14-5-2-6-15-29)20-13-12-19(26-17-18-8-3-1-4-9-18)16-22(20)33-35(31,32)23-11-7-10-21-24(23)28-34-27-21/h7,10-13,16,18,26H,1-6,8-9,14-15,17H2. The Bertz CT molecular complexity index is 1300. The zero-order chi connectivity index (χ0) is 24.3. The predicted molar refractivity (Wildman–Crippen MR) is 136 cm³/mol. The number of rotatable bonds is 7. The van der Waals surface area contributed by atoms with E-state index in [9.17, 15) is 13.2 Å². The fourth-order valence-electron chi connectivity index (χ4n) is 4.94. The number of benzene rings is 2. The molecule has 0 unspecified atom stereocenters. The van der Waals surface area contributed by atoms with E-state index in [-0.39, 0.29) is 27.6 Å². The molecule has 3 aromatic rings. The number of carbonyl (C=O) groups is 1. The van der Waals surface area contributed by atoms with Crippen LogP contribution in [0.25, 0.3) is 11.0 Å². The summed E-state index contributed by atoms with van der Waals surface area (Å²) in [6.07, 6.45) is 9.17. The highest BCUT2D eigenvalue weighted by molar-refractivity contribution is 7.87. The Morgan fingerprint density at radius 1 is 1.03 bits per heavy atom. The maximum atomic E-state index is 13.4. The molecule has 0 bridgehead atoms. The van der Waals surface area contributed by atoms with E-state index in [1.54, 1.807) is 29.2 Å². The summed E-state index contributed by atoms with van der Waals surface area (Å²) in [5, 5.41) is 3.43. The van der Waals surface area contributed by atoms with Crippen molar-refractivity contribution in [1.29, 1.82) is 0 Å². The van der Waals surface area contributed by atoms with Crippen molar-refractivity contribution in [2.45, 2.75) is 56.3 Å². The number of anilines is 1. The van der Waals surface area contributed by atoms with Crippen LogP contribution in [0, 0.1) is 5.92 Å². The summed E-state index contributed by atoms with van der Waals surface area (Å²) in [5.41, 5.74) is 1.76. The first-order valence-electron chi connectivity index (χ1n) is 12.3. The molecule has 1 saturated heterocycles. The number of piperidine rings is 1. The van der Waals surface area contributed by atoms with Crippen molar-refractivity contribution in [2.75, 3.05) is 25.0 Å². The average molecular weight is 515 g/mol. The van der Waals surface area contributed by atoms with Crippen molar-refractivity contribution in [3.63, 3.8) is 0 Å². The van der Waals surface area contributed by atoms with Gasteiger partial charge in [0.1, 0.15) is 15.9 Å². The number of likely N-dealkylation sites (tertiary alicyclic amines) is 1. The smallest absolute Gasteiger partial charge is 0.341 e. The van der Waals surface area contributed by atoms with Crippen molar-refractivity contribution in [2.24, 2.45) is 5.92 Å². The van der Waals surface area contributed by atoms with E-state index in [2.05, 4.69) is 14.1 Å². The van der Waals surface area contributed by atoms with E-state index in [1.807, 2.05) is 6.07 Å². The van der Waals surface area contributed by atoms with Crippen LogP contribution in [0.4, 0.5) is 5.69 Å². The fourth-order valence-corrected chi connectivity index (χ4v) is 6.65. The topological polar surface area (TPSA) is 101 Å². The number of nitrogens with zero attached hydrogens (tertiary/aromatic N) is 3. The molecular weight excluding hydrogens is 484 g/mol. The van der Waals surface area contributed by atoms with Gasteiger partial charge in [0.2, 0.25) is 0 Å². The Morgan fingerprint density at radius 3 is 2.60 bits per heavy atom. The highest BCUT2D eigenvalue weighted by Gasteiger charge is 2.27. The van der Waals surface area contributed by atoms with Crippen LogP contribution in [-0.2, 0) is 10.1 Å². The van der Waals surface area contributed by atoms with Crippen LogP contribution in [0.1, 0.15) is 61.7 Å². The van der Waals surface area contributed by atoms with Gasteiger partial charge in [-0.3, -0.25) is 4.79 Å². The van der Waals surface area contributed by atoms with Crippen LogP contribution in [0.5, 0.6) is 5.75 Å². The molecule has 10 heteroatoms. The average Bonchev–Trinajstić information content (AvgIpc) is 3.37. The molecule has 5 rings (SSSR count). The number of hydrogen-bond acceptors (Lipinski definition) is 8. The molecule has 0 radical (unpaired) electrons. The van der Waals surface area contributed by atoms with Gasteiger partial charge in [0.25, 0.3) is 5.91 Å². The summed E-state index contributed by atoms with van der Waals surface area (Å²) in [7, 11) is -4.24. The fraction of sp³-hybridized carbons (Fsp3) is 0.480. The van der Waals surface area contributed by atoms with E-state index in [0.29, 0.717) is 24.5 Å². The number of nitrogens with one attached hydrogen (secondary N) is 1. The van der Waals surface area contributed by atoms with Crippen molar-refractivity contribution in [1.82, 2.24) is 13.6 Å². The van der Waals surface area contributed by atoms with E-state index < -0.39 is 10.1 Å². The molecule has 0 atom stereocenters. The molecular formula is C25H30N4O4S2. The maximum Gasteiger partial charge on any atom is 0.341 e.